The Morgan fingerprint density at radius 1 is 1.15 bits per heavy atom. The maximum atomic E-state index is 13.5. The number of aliphatic hydroxyl groups is 1. The number of carbonyl (C=O) groups is 1. The fraction of sp³-hybridized carbons (Fsp3) is 0.400. The maximum absolute atomic E-state index is 13.5. The maximum Gasteiger partial charge on any atom is 0.244 e. The largest absolute Gasteiger partial charge is 0.390 e. The third kappa shape index (κ3) is 6.05. The van der Waals surface area contributed by atoms with Crippen molar-refractivity contribution in [2.45, 2.75) is 32.9 Å². The minimum absolute atomic E-state index is 0.0483. The number of piperazine rings is 1. The van der Waals surface area contributed by atoms with Gasteiger partial charge < -0.3 is 25.4 Å². The number of nitrogens with one attached hydrogen (secondary N) is 2. The second kappa shape index (κ2) is 12.2. The first-order valence-corrected chi connectivity index (χ1v) is 13.6. The molecule has 1 saturated heterocycles. The molecule has 2 aromatic heterocycles. The van der Waals surface area contributed by atoms with Crippen LogP contribution in [0.5, 0.6) is 0 Å². The molecule has 1 amide bonds. The van der Waals surface area contributed by atoms with Crippen LogP contribution in [0.25, 0.3) is 5.57 Å². The Hall–Kier alpha value is -3.70. The first kappa shape index (κ1) is 27.9. The van der Waals surface area contributed by atoms with Crippen LogP contribution in [0, 0.1) is 13.8 Å². The second-order valence-corrected chi connectivity index (χ2v) is 10.5. The zero-order valence-electron chi connectivity index (χ0n) is 23.6. The summed E-state index contributed by atoms with van der Waals surface area (Å²) in [5, 5.41) is 16.0. The molecule has 1 aliphatic carbocycles. The summed E-state index contributed by atoms with van der Waals surface area (Å²) < 4.78 is 5.43. The number of hydrogen-bond acceptors (Lipinski definition) is 9. The van der Waals surface area contributed by atoms with Gasteiger partial charge in [0.25, 0.3) is 0 Å². The van der Waals surface area contributed by atoms with Gasteiger partial charge in [-0.1, -0.05) is 18.2 Å². The lowest BCUT2D eigenvalue weighted by Gasteiger charge is -2.36. The third-order valence-electron chi connectivity index (χ3n) is 7.49. The van der Waals surface area contributed by atoms with Crippen LogP contribution < -0.4 is 10.6 Å². The van der Waals surface area contributed by atoms with Crippen molar-refractivity contribution in [3.05, 3.63) is 76.4 Å². The highest BCUT2D eigenvalue weighted by molar-refractivity contribution is 5.97. The summed E-state index contributed by atoms with van der Waals surface area (Å²) >= 11 is 0. The molecule has 0 saturated carbocycles. The van der Waals surface area contributed by atoms with Gasteiger partial charge in [-0.2, -0.15) is 0 Å². The summed E-state index contributed by atoms with van der Waals surface area (Å²) in [5.41, 5.74) is 7.89. The van der Waals surface area contributed by atoms with E-state index in [-0.39, 0.29) is 18.6 Å². The molecule has 1 aromatic carbocycles. The molecular weight excluding hydrogens is 506 g/mol. The highest BCUT2D eigenvalue weighted by atomic mass is 16.5. The molecule has 210 valence electrons. The molecule has 1 fully saturated rings. The number of hydrogen-bond donors (Lipinski definition) is 3. The van der Waals surface area contributed by atoms with Crippen molar-refractivity contribution in [2.24, 2.45) is 0 Å². The molecule has 1 atom stereocenters. The normalized spacial score (nSPS) is 16.4. The van der Waals surface area contributed by atoms with Gasteiger partial charge in [0, 0.05) is 62.1 Å². The highest BCUT2D eigenvalue weighted by Crippen LogP contribution is 2.37. The van der Waals surface area contributed by atoms with Crippen molar-refractivity contribution in [1.29, 1.82) is 0 Å². The number of ether oxygens (including phenoxy) is 1. The first-order chi connectivity index (χ1) is 19.4. The Morgan fingerprint density at radius 2 is 1.95 bits per heavy atom. The van der Waals surface area contributed by atoms with Gasteiger partial charge in [-0.15, -0.1) is 0 Å². The third-order valence-corrected chi connectivity index (χ3v) is 7.49. The Bertz CT molecular complexity index is 1420. The standard InChI is InChI=1S/C30H37N7O3/c1-19-16-31-30(33-21-14-20(2)32-22(15-21)17-38)35-28(19)25-9-8-24-23(25)6-5-7-26(24)34-29(39)27(18-40-4)37-12-10-36(3)11-13-37/h5-7,9,14-16,27,38H,8,10-13,17-18H2,1-4H3,(H,34,39)(H,31,32,33,35)/t27-/m1/s1. The molecule has 3 heterocycles. The number of nitrogens with zero attached hydrogens (tertiary/aromatic N) is 5. The number of aliphatic hydroxyl groups excluding tert-OH is 1. The van der Waals surface area contributed by atoms with Crippen LogP contribution in [0.1, 0.15) is 33.8 Å². The van der Waals surface area contributed by atoms with Crippen molar-refractivity contribution in [3.63, 3.8) is 0 Å². The Balaban J connectivity index is 1.37. The fourth-order valence-corrected chi connectivity index (χ4v) is 5.36. The number of methoxy groups -OCH3 is 1. The number of pyridine rings is 1. The molecule has 10 heteroatoms. The van der Waals surface area contributed by atoms with Crippen molar-refractivity contribution in [1.82, 2.24) is 24.8 Å². The molecule has 0 spiro atoms. The van der Waals surface area contributed by atoms with E-state index < -0.39 is 0 Å². The van der Waals surface area contributed by atoms with Gasteiger partial charge in [0.15, 0.2) is 0 Å². The van der Waals surface area contributed by atoms with Crippen LogP contribution in [0.4, 0.5) is 17.3 Å². The molecule has 5 rings (SSSR count). The lowest BCUT2D eigenvalue weighted by Crippen LogP contribution is -2.54. The number of amides is 1. The minimum atomic E-state index is -0.343. The molecular formula is C30H37N7O3. The predicted octanol–water partition coefficient (Wildman–Crippen LogP) is 2.91. The van der Waals surface area contributed by atoms with E-state index in [4.69, 9.17) is 9.72 Å². The van der Waals surface area contributed by atoms with E-state index in [1.807, 2.05) is 38.2 Å². The van der Waals surface area contributed by atoms with E-state index in [1.165, 1.54) is 0 Å². The van der Waals surface area contributed by atoms with Crippen LogP contribution in [0.3, 0.4) is 0 Å². The number of benzene rings is 1. The molecule has 0 bridgehead atoms. The van der Waals surface area contributed by atoms with Crippen molar-refractivity contribution in [3.8, 4) is 0 Å². The van der Waals surface area contributed by atoms with Crippen molar-refractivity contribution in [2.75, 3.05) is 57.6 Å². The topological polar surface area (TPSA) is 116 Å². The number of allylic oxidation sites excluding steroid dienone is 1. The van der Waals surface area contributed by atoms with Crippen molar-refractivity contribution < 1.29 is 14.6 Å². The monoisotopic (exact) mass is 543 g/mol. The molecule has 3 N–H and O–H groups in total. The molecule has 0 unspecified atom stereocenters. The Labute approximate surface area is 235 Å². The van der Waals surface area contributed by atoms with E-state index in [0.29, 0.717) is 24.7 Å². The lowest BCUT2D eigenvalue weighted by molar-refractivity contribution is -0.124. The quantitative estimate of drug-likeness (QED) is 0.375. The molecule has 10 nitrogen and oxygen atoms in total. The number of rotatable bonds is 9. The first-order valence-electron chi connectivity index (χ1n) is 13.6. The zero-order valence-corrected chi connectivity index (χ0v) is 23.6. The molecule has 1 aliphatic heterocycles. The fourth-order valence-electron chi connectivity index (χ4n) is 5.36. The summed E-state index contributed by atoms with van der Waals surface area (Å²) in [6, 6.07) is 9.34. The van der Waals surface area contributed by atoms with Crippen LogP contribution >= 0.6 is 0 Å². The van der Waals surface area contributed by atoms with Gasteiger partial charge in [0.2, 0.25) is 11.9 Å². The zero-order chi connectivity index (χ0) is 28.2. The number of aromatic nitrogens is 3. The van der Waals surface area contributed by atoms with E-state index in [2.05, 4.69) is 49.6 Å². The van der Waals surface area contributed by atoms with Gasteiger partial charge >= 0.3 is 0 Å². The summed E-state index contributed by atoms with van der Waals surface area (Å²) in [6.45, 7) is 7.61. The number of fused-ring (bicyclic) bond motifs is 1. The summed E-state index contributed by atoms with van der Waals surface area (Å²) in [5.74, 6) is 0.413. The lowest BCUT2D eigenvalue weighted by atomic mass is 9.99. The van der Waals surface area contributed by atoms with Gasteiger partial charge in [-0.3, -0.25) is 14.7 Å². The summed E-state index contributed by atoms with van der Waals surface area (Å²) in [4.78, 5) is 31.6. The Kier molecular flexibility index (Phi) is 8.51. The van der Waals surface area contributed by atoms with E-state index >= 15 is 0 Å². The molecule has 2 aliphatic rings. The van der Waals surface area contributed by atoms with Crippen LogP contribution in [0.2, 0.25) is 0 Å². The van der Waals surface area contributed by atoms with Gasteiger partial charge in [0.1, 0.15) is 6.04 Å². The second-order valence-electron chi connectivity index (χ2n) is 10.5. The van der Waals surface area contributed by atoms with Crippen LogP contribution in [0.15, 0.2) is 42.6 Å². The van der Waals surface area contributed by atoms with Gasteiger partial charge in [-0.05, 0) is 62.2 Å². The highest BCUT2D eigenvalue weighted by Gasteiger charge is 2.30. The number of likely N-dealkylation sites (N-methyl/N-ethyl adjacent to an activating group) is 1. The Morgan fingerprint density at radius 3 is 2.70 bits per heavy atom. The van der Waals surface area contributed by atoms with Crippen molar-refractivity contribution >= 4 is 28.8 Å². The average molecular weight is 544 g/mol. The number of anilines is 3. The van der Waals surface area contributed by atoms with Gasteiger partial charge in [0.05, 0.1) is 24.6 Å². The molecule has 40 heavy (non-hydrogen) atoms. The summed E-state index contributed by atoms with van der Waals surface area (Å²) in [7, 11) is 3.74. The minimum Gasteiger partial charge on any atom is -0.390 e. The SMILES string of the molecule is COC[C@H](C(=O)Nc1cccc2c1CC=C2c1nc(Nc2cc(C)nc(CO)c2)ncc1C)N1CCN(C)CC1. The van der Waals surface area contributed by atoms with Crippen LogP contribution in [-0.2, 0) is 22.6 Å². The van der Waals surface area contributed by atoms with E-state index in [9.17, 15) is 9.90 Å². The molecule has 3 aromatic rings. The smallest absolute Gasteiger partial charge is 0.244 e. The van der Waals surface area contributed by atoms with E-state index in [0.717, 1.165) is 71.2 Å². The number of carbonyl (C=O) groups excluding carboxylic acids is 1. The van der Waals surface area contributed by atoms with Crippen LogP contribution in [-0.4, -0.2) is 88.8 Å². The summed E-state index contributed by atoms with van der Waals surface area (Å²) in [6.07, 6.45) is 4.66. The van der Waals surface area contributed by atoms with E-state index in [1.54, 1.807) is 13.2 Å². The van der Waals surface area contributed by atoms with Gasteiger partial charge in [-0.25, -0.2) is 9.97 Å². The number of aryl methyl sites for hydroxylation is 2. The predicted molar refractivity (Wildman–Crippen MR) is 156 cm³/mol. The molecule has 0 radical (unpaired) electrons. The average Bonchev–Trinajstić information content (AvgIpc) is 3.38.